The van der Waals surface area contributed by atoms with Gasteiger partial charge in [-0.15, -0.1) is 0 Å². The molecule has 1 saturated heterocycles. The summed E-state index contributed by atoms with van der Waals surface area (Å²) < 4.78 is 28.1. The van der Waals surface area contributed by atoms with Crippen molar-refractivity contribution in [1.82, 2.24) is 0 Å². The molecule has 1 heterocycles. The Balaban J connectivity index is 2.69. The number of halogens is 1. The van der Waals surface area contributed by atoms with E-state index < -0.39 is 50.6 Å². The van der Waals surface area contributed by atoms with Crippen molar-refractivity contribution in [3.8, 4) is 0 Å². The van der Waals surface area contributed by atoms with Crippen LogP contribution in [0.1, 0.15) is 6.42 Å². The van der Waals surface area contributed by atoms with Crippen molar-refractivity contribution < 1.29 is 43.9 Å². The Hall–Kier alpha value is -0.120. The maximum Gasteiger partial charge on any atom is 0.359 e. The highest BCUT2D eigenvalue weighted by Crippen LogP contribution is 2.45. The lowest BCUT2D eigenvalue weighted by atomic mass is 9.97. The second kappa shape index (κ2) is 5.25. The SMILES string of the molecule is O=P(O)(O)[C@H](F)C[C@H]1O[C@H](O)[C@H](O)[C@@H](O)[C@@H]1O. The maximum atomic E-state index is 13.0. The topological polar surface area (TPSA) is 148 Å². The van der Waals surface area contributed by atoms with Crippen LogP contribution in [0.3, 0.4) is 0 Å². The molecule has 0 radical (unpaired) electrons. The third kappa shape index (κ3) is 3.43. The van der Waals surface area contributed by atoms with E-state index in [-0.39, 0.29) is 0 Å². The highest BCUT2D eigenvalue weighted by Gasteiger charge is 2.45. The van der Waals surface area contributed by atoms with E-state index >= 15 is 0 Å². The van der Waals surface area contributed by atoms with Crippen LogP contribution >= 0.6 is 7.60 Å². The van der Waals surface area contributed by atoms with Gasteiger partial charge in [0.25, 0.3) is 0 Å². The van der Waals surface area contributed by atoms with Gasteiger partial charge < -0.3 is 34.9 Å². The summed E-state index contributed by atoms with van der Waals surface area (Å²) in [4.78, 5) is 17.0. The molecule has 1 fully saturated rings. The minimum Gasteiger partial charge on any atom is -0.388 e. The van der Waals surface area contributed by atoms with E-state index in [1.165, 1.54) is 0 Å². The van der Waals surface area contributed by atoms with Crippen LogP contribution in [-0.2, 0) is 9.30 Å². The summed E-state index contributed by atoms with van der Waals surface area (Å²) in [6.45, 7) is 0. The molecule has 0 bridgehead atoms. The second-order valence-electron chi connectivity index (χ2n) is 3.80. The number of aliphatic hydroxyl groups excluding tert-OH is 4. The molecule has 0 aromatic carbocycles. The predicted octanol–water partition coefficient (Wildman–Crippen LogP) is -2.35. The zero-order valence-corrected chi connectivity index (χ0v) is 9.39. The first kappa shape index (κ1) is 14.9. The fourth-order valence-electron chi connectivity index (χ4n) is 1.45. The van der Waals surface area contributed by atoms with Crippen molar-refractivity contribution in [3.05, 3.63) is 0 Å². The molecule has 102 valence electrons. The Morgan fingerprint density at radius 2 is 1.65 bits per heavy atom. The molecule has 1 aliphatic rings. The molecule has 0 aliphatic carbocycles. The summed E-state index contributed by atoms with van der Waals surface area (Å²) in [6, 6.07) is 0. The van der Waals surface area contributed by atoms with E-state index in [1.54, 1.807) is 0 Å². The molecule has 0 spiro atoms. The van der Waals surface area contributed by atoms with Crippen LogP contribution in [0.4, 0.5) is 4.39 Å². The van der Waals surface area contributed by atoms with Gasteiger partial charge in [-0.3, -0.25) is 4.57 Å². The Labute approximate surface area is 95.4 Å². The summed E-state index contributed by atoms with van der Waals surface area (Å²) in [5.74, 6) is -2.59. The first-order valence-corrected chi connectivity index (χ1v) is 6.39. The minimum absolute atomic E-state index is 0.910. The van der Waals surface area contributed by atoms with Crippen LogP contribution in [0, 0.1) is 0 Å². The van der Waals surface area contributed by atoms with Crippen LogP contribution in [-0.4, -0.2) is 66.8 Å². The van der Waals surface area contributed by atoms with E-state index in [9.17, 15) is 19.2 Å². The Bertz CT molecular complexity index is 308. The van der Waals surface area contributed by atoms with Gasteiger partial charge in [0.15, 0.2) is 6.29 Å². The quantitative estimate of drug-likeness (QED) is 0.314. The molecule has 0 amide bonds. The highest BCUT2D eigenvalue weighted by molar-refractivity contribution is 7.52. The molecule has 0 saturated carbocycles. The minimum atomic E-state index is -4.99. The Morgan fingerprint density at radius 1 is 1.12 bits per heavy atom. The van der Waals surface area contributed by atoms with Crippen molar-refractivity contribution in [2.24, 2.45) is 0 Å². The fraction of sp³-hybridized carbons (Fsp3) is 1.00. The third-order valence-electron chi connectivity index (χ3n) is 2.48. The van der Waals surface area contributed by atoms with Gasteiger partial charge in [-0.05, 0) is 0 Å². The number of alkyl halides is 1. The summed E-state index contributed by atoms with van der Waals surface area (Å²) in [7, 11) is -4.99. The first-order chi connectivity index (χ1) is 7.64. The smallest absolute Gasteiger partial charge is 0.359 e. The number of hydrogen-bond acceptors (Lipinski definition) is 6. The van der Waals surface area contributed by atoms with Gasteiger partial charge in [-0.2, -0.15) is 0 Å². The van der Waals surface area contributed by atoms with Gasteiger partial charge in [0.05, 0.1) is 6.10 Å². The summed E-state index contributed by atoms with van der Waals surface area (Å²) in [5, 5.41) is 36.8. The Kier molecular flexibility index (Phi) is 4.61. The average molecular weight is 276 g/mol. The number of ether oxygens (including phenoxy) is 1. The molecular formula is C7H14FO8P. The Morgan fingerprint density at radius 3 is 2.12 bits per heavy atom. The van der Waals surface area contributed by atoms with E-state index in [4.69, 9.17) is 20.0 Å². The third-order valence-corrected chi connectivity index (χ3v) is 3.42. The molecule has 0 aromatic rings. The van der Waals surface area contributed by atoms with Crippen molar-refractivity contribution in [2.75, 3.05) is 0 Å². The molecule has 10 heteroatoms. The molecule has 0 unspecified atom stereocenters. The largest absolute Gasteiger partial charge is 0.388 e. The lowest BCUT2D eigenvalue weighted by molar-refractivity contribution is -0.283. The number of aliphatic hydroxyl groups is 4. The van der Waals surface area contributed by atoms with Crippen LogP contribution in [0.2, 0.25) is 0 Å². The van der Waals surface area contributed by atoms with Crippen LogP contribution < -0.4 is 0 Å². The molecule has 6 atom stereocenters. The first-order valence-electron chi connectivity index (χ1n) is 4.71. The van der Waals surface area contributed by atoms with Crippen LogP contribution in [0.5, 0.6) is 0 Å². The summed E-state index contributed by atoms with van der Waals surface area (Å²) >= 11 is 0. The van der Waals surface area contributed by atoms with E-state index in [2.05, 4.69) is 4.74 Å². The van der Waals surface area contributed by atoms with Gasteiger partial charge in [-0.25, -0.2) is 4.39 Å². The van der Waals surface area contributed by atoms with E-state index in [0.717, 1.165) is 0 Å². The highest BCUT2D eigenvalue weighted by atomic mass is 31.2. The maximum absolute atomic E-state index is 13.0. The molecule has 6 N–H and O–H groups in total. The van der Waals surface area contributed by atoms with E-state index in [1.807, 2.05) is 0 Å². The molecular weight excluding hydrogens is 262 g/mol. The zero-order chi connectivity index (χ0) is 13.4. The van der Waals surface area contributed by atoms with Crippen molar-refractivity contribution in [3.63, 3.8) is 0 Å². The van der Waals surface area contributed by atoms with Crippen molar-refractivity contribution in [2.45, 2.75) is 43.0 Å². The molecule has 8 nitrogen and oxygen atoms in total. The molecule has 1 aliphatic heterocycles. The van der Waals surface area contributed by atoms with Gasteiger partial charge in [0, 0.05) is 6.42 Å². The van der Waals surface area contributed by atoms with E-state index in [0.29, 0.717) is 0 Å². The molecule has 0 aromatic heterocycles. The normalized spacial score (nSPS) is 41.2. The second-order valence-corrected chi connectivity index (χ2v) is 5.53. The van der Waals surface area contributed by atoms with Crippen molar-refractivity contribution in [1.29, 1.82) is 0 Å². The number of rotatable bonds is 3. The van der Waals surface area contributed by atoms with Crippen molar-refractivity contribution >= 4 is 7.60 Å². The predicted molar refractivity (Wildman–Crippen MR) is 50.5 cm³/mol. The average Bonchev–Trinajstić information content (AvgIpc) is 2.21. The molecule has 1 rings (SSSR count). The lowest BCUT2D eigenvalue weighted by Gasteiger charge is -2.38. The lowest BCUT2D eigenvalue weighted by Crippen LogP contribution is -2.57. The van der Waals surface area contributed by atoms with Crippen LogP contribution in [0.25, 0.3) is 0 Å². The van der Waals surface area contributed by atoms with Crippen LogP contribution in [0.15, 0.2) is 0 Å². The van der Waals surface area contributed by atoms with Gasteiger partial charge in [0.2, 0.25) is 5.91 Å². The molecule has 17 heavy (non-hydrogen) atoms. The monoisotopic (exact) mass is 276 g/mol. The summed E-state index contributed by atoms with van der Waals surface area (Å²) in [5.41, 5.74) is 0. The summed E-state index contributed by atoms with van der Waals surface area (Å²) in [6.07, 6.45) is -9.60. The van der Waals surface area contributed by atoms with Gasteiger partial charge >= 0.3 is 7.60 Å². The van der Waals surface area contributed by atoms with Gasteiger partial charge in [0.1, 0.15) is 18.3 Å². The zero-order valence-electron chi connectivity index (χ0n) is 8.50. The van der Waals surface area contributed by atoms with Gasteiger partial charge in [-0.1, -0.05) is 0 Å². The number of hydrogen-bond donors (Lipinski definition) is 6. The fourth-order valence-corrected chi connectivity index (χ4v) is 1.94. The standard InChI is InChI=1S/C7H14FO8P/c8-3(17(13,14)15)1-2-4(9)5(10)6(11)7(12)16-2/h2-7,9-12H,1H2,(H2,13,14,15)/t2-,3+,4-,5+,6-,7+/m1/s1.